The SMILES string of the molecule is C/C(=C/NC1CC[C@@H](CO)O1)C(=O)NCCCNC(=O)Cc1ccc([Si](F)(C(C)(C)C)C(C)(C)C)cc1. The van der Waals surface area contributed by atoms with Gasteiger partial charge in [0.05, 0.1) is 19.1 Å². The average Bonchev–Trinajstić information content (AvgIpc) is 3.29. The van der Waals surface area contributed by atoms with E-state index >= 15 is 4.11 Å². The summed E-state index contributed by atoms with van der Waals surface area (Å²) in [6.07, 6.45) is 3.70. The first-order valence-electron chi connectivity index (χ1n) is 13.2. The van der Waals surface area contributed by atoms with Crippen LogP contribution in [0.25, 0.3) is 0 Å². The summed E-state index contributed by atoms with van der Waals surface area (Å²) in [7, 11) is -3.31. The molecule has 0 aromatic heterocycles. The van der Waals surface area contributed by atoms with Crippen molar-refractivity contribution in [2.45, 2.75) is 96.6 Å². The lowest BCUT2D eigenvalue weighted by Gasteiger charge is -2.44. The van der Waals surface area contributed by atoms with Crippen molar-refractivity contribution in [3.63, 3.8) is 0 Å². The first kappa shape index (κ1) is 31.0. The second-order valence-corrected chi connectivity index (χ2v) is 16.9. The summed E-state index contributed by atoms with van der Waals surface area (Å²) >= 11 is 0. The number of benzene rings is 1. The second kappa shape index (κ2) is 13.0. The maximum atomic E-state index is 16.4. The topological polar surface area (TPSA) is 99.7 Å². The number of hydrogen-bond acceptors (Lipinski definition) is 5. The molecule has 0 aliphatic carbocycles. The largest absolute Gasteiger partial charge is 0.394 e. The fourth-order valence-electron chi connectivity index (χ4n) is 4.99. The molecule has 9 heteroatoms. The van der Waals surface area contributed by atoms with Crippen LogP contribution in [0, 0.1) is 0 Å². The molecule has 0 radical (unpaired) electrons. The lowest BCUT2D eigenvalue weighted by molar-refractivity contribution is -0.120. The van der Waals surface area contributed by atoms with Crippen LogP contribution in [0.1, 0.15) is 73.3 Å². The highest BCUT2D eigenvalue weighted by Gasteiger charge is 2.56. The number of rotatable bonds is 11. The van der Waals surface area contributed by atoms with Gasteiger partial charge in [0.25, 0.3) is 8.41 Å². The standard InChI is InChI=1S/C28H46FN3O4Si/c1-20(18-32-25-14-11-22(19-33)36-25)26(35)31-16-8-15-30-24(34)17-21-9-12-23(13-10-21)37(29,27(2,3)4)28(5,6)7/h9-10,12-13,18,22,25,32-33H,8,11,14-17,19H2,1-7H3,(H,30,34)(H,31,35)/b20-18-/t22-,25?/m0/s1. The van der Waals surface area contributed by atoms with Crippen LogP contribution >= 0.6 is 0 Å². The molecule has 2 rings (SSSR count). The first-order valence-corrected chi connectivity index (χ1v) is 15.1. The summed E-state index contributed by atoms with van der Waals surface area (Å²) in [5, 5.41) is 17.8. The Balaban J connectivity index is 1.73. The highest BCUT2D eigenvalue weighted by atomic mass is 28.4. The zero-order valence-corrected chi connectivity index (χ0v) is 24.5. The zero-order valence-electron chi connectivity index (χ0n) is 23.5. The van der Waals surface area contributed by atoms with Gasteiger partial charge >= 0.3 is 0 Å². The van der Waals surface area contributed by atoms with E-state index in [-0.39, 0.29) is 37.2 Å². The van der Waals surface area contributed by atoms with Crippen molar-refractivity contribution in [3.05, 3.63) is 41.6 Å². The molecule has 1 aromatic carbocycles. The molecule has 4 N–H and O–H groups in total. The monoisotopic (exact) mass is 535 g/mol. The normalized spacial score (nSPS) is 19.0. The summed E-state index contributed by atoms with van der Waals surface area (Å²) in [5.41, 5.74) is 1.38. The third kappa shape index (κ3) is 8.38. The van der Waals surface area contributed by atoms with Gasteiger partial charge in [-0.3, -0.25) is 9.59 Å². The molecule has 1 fully saturated rings. The van der Waals surface area contributed by atoms with E-state index < -0.39 is 18.5 Å². The van der Waals surface area contributed by atoms with Gasteiger partial charge < -0.3 is 29.9 Å². The Bertz CT molecular complexity index is 924. The highest BCUT2D eigenvalue weighted by molar-refractivity contribution is 6.90. The molecule has 1 aliphatic heterocycles. The van der Waals surface area contributed by atoms with Gasteiger partial charge in [0.2, 0.25) is 11.8 Å². The summed E-state index contributed by atoms with van der Waals surface area (Å²) in [4.78, 5) is 24.6. The number of halogens is 1. The molecule has 7 nitrogen and oxygen atoms in total. The summed E-state index contributed by atoms with van der Waals surface area (Å²) in [6.45, 7) is 14.4. The van der Waals surface area contributed by atoms with Gasteiger partial charge in [0.1, 0.15) is 6.23 Å². The molecule has 2 atom stereocenters. The maximum Gasteiger partial charge on any atom is 0.288 e. The van der Waals surface area contributed by atoms with Gasteiger partial charge in [0, 0.05) is 24.9 Å². The van der Waals surface area contributed by atoms with Crippen molar-refractivity contribution in [1.82, 2.24) is 16.0 Å². The van der Waals surface area contributed by atoms with E-state index in [4.69, 9.17) is 9.84 Å². The fourth-order valence-corrected chi connectivity index (χ4v) is 9.60. The molecule has 1 unspecified atom stereocenters. The Morgan fingerprint density at radius 1 is 1.05 bits per heavy atom. The van der Waals surface area contributed by atoms with Gasteiger partial charge in [0.15, 0.2) is 0 Å². The van der Waals surface area contributed by atoms with Crippen LogP contribution in [-0.4, -0.2) is 57.4 Å². The predicted molar refractivity (Wildman–Crippen MR) is 149 cm³/mol. The van der Waals surface area contributed by atoms with Crippen LogP contribution < -0.4 is 21.1 Å². The van der Waals surface area contributed by atoms with Gasteiger partial charge in [-0.2, -0.15) is 0 Å². The molecule has 1 heterocycles. The van der Waals surface area contributed by atoms with E-state index in [1.165, 1.54) is 0 Å². The first-order chi connectivity index (χ1) is 17.2. The smallest absolute Gasteiger partial charge is 0.288 e. The minimum absolute atomic E-state index is 0.000246. The van der Waals surface area contributed by atoms with Gasteiger partial charge in [-0.15, -0.1) is 0 Å². The quantitative estimate of drug-likeness (QED) is 0.150. The van der Waals surface area contributed by atoms with Crippen molar-refractivity contribution >= 4 is 25.4 Å². The lowest BCUT2D eigenvalue weighted by atomic mass is 10.1. The van der Waals surface area contributed by atoms with Crippen LogP contribution in [0.3, 0.4) is 0 Å². The Morgan fingerprint density at radius 3 is 2.19 bits per heavy atom. The van der Waals surface area contributed by atoms with Crippen LogP contribution in [0.2, 0.25) is 10.1 Å². The molecular formula is C28H46FN3O4Si. The van der Waals surface area contributed by atoms with E-state index in [1.54, 1.807) is 13.1 Å². The van der Waals surface area contributed by atoms with E-state index in [0.717, 1.165) is 23.6 Å². The van der Waals surface area contributed by atoms with Crippen molar-refractivity contribution in [2.75, 3.05) is 19.7 Å². The fraction of sp³-hybridized carbons (Fsp3) is 0.643. The molecule has 208 valence electrons. The number of aliphatic hydroxyl groups excluding tert-OH is 1. The van der Waals surface area contributed by atoms with E-state index in [1.807, 2.05) is 65.8 Å². The molecule has 2 amide bonds. The Hall–Kier alpha value is -2.23. The third-order valence-electron chi connectivity index (χ3n) is 6.90. The van der Waals surface area contributed by atoms with Gasteiger partial charge in [-0.25, -0.2) is 0 Å². The Labute approximate surface area is 222 Å². The van der Waals surface area contributed by atoms with Crippen molar-refractivity contribution < 1.29 is 23.5 Å². The lowest BCUT2D eigenvalue weighted by Crippen LogP contribution is -2.57. The van der Waals surface area contributed by atoms with Crippen LogP contribution in [0.5, 0.6) is 0 Å². The summed E-state index contributed by atoms with van der Waals surface area (Å²) in [5.74, 6) is -0.291. The number of amides is 2. The number of carbonyl (C=O) groups excluding carboxylic acids is 2. The predicted octanol–water partition coefficient (Wildman–Crippen LogP) is 3.56. The number of nitrogens with one attached hydrogen (secondary N) is 3. The molecule has 1 saturated heterocycles. The molecule has 1 aliphatic rings. The van der Waals surface area contributed by atoms with Gasteiger partial charge in [-0.05, 0) is 47.0 Å². The van der Waals surface area contributed by atoms with Crippen LogP contribution in [-0.2, 0) is 20.7 Å². The Morgan fingerprint density at radius 2 is 1.65 bits per heavy atom. The van der Waals surface area contributed by atoms with Crippen molar-refractivity contribution in [2.24, 2.45) is 0 Å². The average molecular weight is 536 g/mol. The van der Waals surface area contributed by atoms with Crippen molar-refractivity contribution in [1.29, 1.82) is 0 Å². The van der Waals surface area contributed by atoms with E-state index in [0.29, 0.717) is 25.1 Å². The van der Waals surface area contributed by atoms with E-state index in [9.17, 15) is 9.59 Å². The Kier molecular flexibility index (Phi) is 10.9. The highest BCUT2D eigenvalue weighted by Crippen LogP contribution is 2.51. The molecule has 0 spiro atoms. The van der Waals surface area contributed by atoms with E-state index in [2.05, 4.69) is 16.0 Å². The number of carbonyl (C=O) groups is 2. The minimum atomic E-state index is -3.31. The molecule has 37 heavy (non-hydrogen) atoms. The minimum Gasteiger partial charge on any atom is -0.394 e. The van der Waals surface area contributed by atoms with Crippen LogP contribution in [0.15, 0.2) is 36.0 Å². The maximum absolute atomic E-state index is 16.4. The van der Waals surface area contributed by atoms with Gasteiger partial charge in [-0.1, -0.05) is 65.8 Å². The second-order valence-electron chi connectivity index (χ2n) is 12.0. The zero-order chi connectivity index (χ0) is 27.9. The van der Waals surface area contributed by atoms with Crippen molar-refractivity contribution in [3.8, 4) is 0 Å². The number of ether oxygens (including phenoxy) is 1. The number of hydrogen-bond donors (Lipinski definition) is 4. The van der Waals surface area contributed by atoms with Crippen LogP contribution in [0.4, 0.5) is 4.11 Å². The molecular weight excluding hydrogens is 489 g/mol. The number of aliphatic hydroxyl groups is 1. The summed E-state index contributed by atoms with van der Waals surface area (Å²) in [6, 6.07) is 7.43. The summed E-state index contributed by atoms with van der Waals surface area (Å²) < 4.78 is 22.0. The molecule has 1 aromatic rings. The molecule has 0 bridgehead atoms. The third-order valence-corrected chi connectivity index (χ3v) is 12.2. The molecule has 0 saturated carbocycles.